The zero-order valence-corrected chi connectivity index (χ0v) is 20.1. The van der Waals surface area contributed by atoms with Crippen molar-refractivity contribution in [1.82, 2.24) is 15.5 Å². The van der Waals surface area contributed by atoms with E-state index in [1.807, 2.05) is 7.05 Å². The van der Waals surface area contributed by atoms with Crippen molar-refractivity contribution in [3.8, 4) is 0 Å². The molecule has 0 amide bonds. The van der Waals surface area contributed by atoms with Crippen molar-refractivity contribution in [2.75, 3.05) is 46.5 Å². The maximum Gasteiger partial charge on any atom is 0.191 e. The fraction of sp³-hybridized carbons (Fsp3) is 0.682. The van der Waals surface area contributed by atoms with Gasteiger partial charge in [0.2, 0.25) is 0 Å². The lowest BCUT2D eigenvalue weighted by Crippen LogP contribution is -2.49. The number of piperidine rings is 1. The monoisotopic (exact) mass is 516 g/mol. The number of aliphatic imine (C=N–C) groups is 1. The average molecular weight is 516 g/mol. The Bertz CT molecular complexity index is 588. The van der Waals surface area contributed by atoms with Gasteiger partial charge in [-0.2, -0.15) is 0 Å². The Labute approximate surface area is 192 Å². The largest absolute Gasteiger partial charge is 0.377 e. The molecule has 0 bridgehead atoms. The second-order valence-corrected chi connectivity index (χ2v) is 7.75. The van der Waals surface area contributed by atoms with Crippen LogP contribution in [0.1, 0.15) is 44.2 Å². The molecule has 0 spiro atoms. The van der Waals surface area contributed by atoms with E-state index in [2.05, 4.69) is 57.8 Å². The molecule has 1 aromatic carbocycles. The Morgan fingerprint density at radius 3 is 2.66 bits per heavy atom. The van der Waals surface area contributed by atoms with E-state index in [1.165, 1.54) is 5.56 Å². The summed E-state index contributed by atoms with van der Waals surface area (Å²) in [6, 6.07) is 11.7. The second kappa shape index (κ2) is 13.4. The van der Waals surface area contributed by atoms with Crippen molar-refractivity contribution in [3.05, 3.63) is 35.9 Å². The summed E-state index contributed by atoms with van der Waals surface area (Å²) in [6.45, 7) is 7.53. The summed E-state index contributed by atoms with van der Waals surface area (Å²) in [6.07, 6.45) is 4.84. The molecule has 6 nitrogen and oxygen atoms in total. The highest BCUT2D eigenvalue weighted by Gasteiger charge is 2.24. The molecule has 2 unspecified atom stereocenters. The van der Waals surface area contributed by atoms with Gasteiger partial charge >= 0.3 is 0 Å². The smallest absolute Gasteiger partial charge is 0.191 e. The van der Waals surface area contributed by atoms with Crippen molar-refractivity contribution >= 4 is 29.9 Å². The minimum Gasteiger partial charge on any atom is -0.377 e. The van der Waals surface area contributed by atoms with Crippen LogP contribution < -0.4 is 10.6 Å². The maximum absolute atomic E-state index is 5.71. The van der Waals surface area contributed by atoms with Crippen molar-refractivity contribution in [1.29, 1.82) is 0 Å². The number of guanidine groups is 1. The van der Waals surface area contributed by atoms with Crippen LogP contribution >= 0.6 is 24.0 Å². The summed E-state index contributed by atoms with van der Waals surface area (Å²) in [5.41, 5.74) is 1.40. The number of ether oxygens (including phenoxy) is 2. The van der Waals surface area contributed by atoms with E-state index in [4.69, 9.17) is 9.47 Å². The highest BCUT2D eigenvalue weighted by Crippen LogP contribution is 2.23. The van der Waals surface area contributed by atoms with Gasteiger partial charge in [0, 0.05) is 45.4 Å². The topological polar surface area (TPSA) is 58.1 Å². The standard InChI is InChI=1S/C22H36N4O2.HI/c1-18(19-7-4-3-5-8-19)26-13-10-20(11-14-26)25-22(23-2)24-12-16-27-17-21-9-6-15-28-21;/h3-5,7-8,18,20-21H,6,9-17H2,1-2H3,(H2,23,24,25);1H. The Morgan fingerprint density at radius 1 is 1.24 bits per heavy atom. The fourth-order valence-electron chi connectivity index (χ4n) is 3.99. The molecule has 2 aliphatic heterocycles. The second-order valence-electron chi connectivity index (χ2n) is 7.75. The van der Waals surface area contributed by atoms with Crippen molar-refractivity contribution < 1.29 is 9.47 Å². The minimum atomic E-state index is 0. The van der Waals surface area contributed by atoms with Gasteiger partial charge in [0.05, 0.1) is 19.3 Å². The Hall–Kier alpha value is -0.900. The van der Waals surface area contributed by atoms with Crippen molar-refractivity contribution in [2.24, 2.45) is 4.99 Å². The molecule has 2 fully saturated rings. The van der Waals surface area contributed by atoms with Gasteiger partial charge in [0.25, 0.3) is 0 Å². The zero-order chi connectivity index (χ0) is 19.6. The summed E-state index contributed by atoms with van der Waals surface area (Å²) >= 11 is 0. The lowest BCUT2D eigenvalue weighted by Gasteiger charge is -2.37. The number of hydrogen-bond acceptors (Lipinski definition) is 4. The first kappa shape index (κ1) is 24.4. The van der Waals surface area contributed by atoms with E-state index in [9.17, 15) is 0 Å². The zero-order valence-electron chi connectivity index (χ0n) is 17.8. The summed E-state index contributed by atoms with van der Waals surface area (Å²) in [5.74, 6) is 0.871. The highest BCUT2D eigenvalue weighted by atomic mass is 127. The molecular formula is C22H37IN4O2. The molecule has 2 aliphatic rings. The third-order valence-corrected chi connectivity index (χ3v) is 5.79. The van der Waals surface area contributed by atoms with Crippen LogP contribution in [-0.4, -0.2) is 69.5 Å². The van der Waals surface area contributed by atoms with Crippen LogP contribution in [0, 0.1) is 0 Å². The summed E-state index contributed by atoms with van der Waals surface area (Å²) in [4.78, 5) is 6.93. The van der Waals surface area contributed by atoms with Gasteiger partial charge in [0.15, 0.2) is 5.96 Å². The molecule has 2 saturated heterocycles. The van der Waals surface area contributed by atoms with Gasteiger partial charge < -0.3 is 20.1 Å². The molecule has 0 saturated carbocycles. The maximum atomic E-state index is 5.71. The van der Waals surface area contributed by atoms with Crippen molar-refractivity contribution in [3.63, 3.8) is 0 Å². The summed E-state index contributed by atoms with van der Waals surface area (Å²) in [7, 11) is 1.83. The van der Waals surface area contributed by atoms with Crippen LogP contribution in [0.2, 0.25) is 0 Å². The Kier molecular flexibility index (Phi) is 11.3. The number of likely N-dealkylation sites (tertiary alicyclic amines) is 1. The number of benzene rings is 1. The molecule has 1 aromatic rings. The first-order valence-electron chi connectivity index (χ1n) is 10.7. The Balaban J connectivity index is 0.00000300. The normalized spacial score (nSPS) is 22.1. The lowest BCUT2D eigenvalue weighted by molar-refractivity contribution is 0.0191. The minimum absolute atomic E-state index is 0. The molecular weight excluding hydrogens is 479 g/mol. The molecule has 29 heavy (non-hydrogen) atoms. The quantitative estimate of drug-likeness (QED) is 0.241. The van der Waals surface area contributed by atoms with E-state index >= 15 is 0 Å². The van der Waals surface area contributed by atoms with Gasteiger partial charge in [-0.3, -0.25) is 9.89 Å². The predicted molar refractivity (Wildman–Crippen MR) is 129 cm³/mol. The SMILES string of the molecule is CN=C(NCCOCC1CCCO1)NC1CCN(C(C)c2ccccc2)CC1.I. The van der Waals surface area contributed by atoms with Crippen LogP contribution in [0.15, 0.2) is 35.3 Å². The van der Waals surface area contributed by atoms with E-state index in [1.54, 1.807) is 0 Å². The van der Waals surface area contributed by atoms with Crippen LogP contribution in [0.3, 0.4) is 0 Å². The molecule has 7 heteroatoms. The van der Waals surface area contributed by atoms with E-state index < -0.39 is 0 Å². The van der Waals surface area contributed by atoms with Gasteiger partial charge in [-0.1, -0.05) is 30.3 Å². The third kappa shape index (κ3) is 8.03. The van der Waals surface area contributed by atoms with Crippen LogP contribution in [0.5, 0.6) is 0 Å². The first-order chi connectivity index (χ1) is 13.8. The molecule has 2 heterocycles. The lowest BCUT2D eigenvalue weighted by atomic mass is 10.0. The first-order valence-corrected chi connectivity index (χ1v) is 10.7. The summed E-state index contributed by atoms with van der Waals surface area (Å²) < 4.78 is 11.3. The van der Waals surface area contributed by atoms with Crippen LogP contribution in [0.4, 0.5) is 0 Å². The highest BCUT2D eigenvalue weighted by molar-refractivity contribution is 14.0. The van der Waals surface area contributed by atoms with Crippen LogP contribution in [-0.2, 0) is 9.47 Å². The number of halogens is 1. The summed E-state index contributed by atoms with van der Waals surface area (Å²) in [5, 5.41) is 6.93. The molecule has 0 aliphatic carbocycles. The van der Waals surface area contributed by atoms with Crippen LogP contribution in [0.25, 0.3) is 0 Å². The van der Waals surface area contributed by atoms with Crippen molar-refractivity contribution in [2.45, 2.75) is 50.8 Å². The van der Waals surface area contributed by atoms with Gasteiger partial charge in [-0.15, -0.1) is 24.0 Å². The van der Waals surface area contributed by atoms with E-state index in [0.717, 1.165) is 57.9 Å². The molecule has 0 radical (unpaired) electrons. The molecule has 164 valence electrons. The van der Waals surface area contributed by atoms with Gasteiger partial charge in [0.1, 0.15) is 0 Å². The molecule has 3 rings (SSSR count). The van der Waals surface area contributed by atoms with E-state index in [-0.39, 0.29) is 24.0 Å². The number of nitrogens with one attached hydrogen (secondary N) is 2. The molecule has 0 aromatic heterocycles. The number of hydrogen-bond donors (Lipinski definition) is 2. The molecule has 2 atom stereocenters. The van der Waals surface area contributed by atoms with E-state index in [0.29, 0.717) is 31.4 Å². The average Bonchev–Trinajstić information content (AvgIpc) is 3.27. The van der Waals surface area contributed by atoms with Gasteiger partial charge in [-0.25, -0.2) is 0 Å². The van der Waals surface area contributed by atoms with Gasteiger partial charge in [-0.05, 0) is 38.2 Å². The number of nitrogens with zero attached hydrogens (tertiary/aromatic N) is 2. The predicted octanol–water partition coefficient (Wildman–Crippen LogP) is 3.19. The molecule has 2 N–H and O–H groups in total. The fourth-order valence-corrected chi connectivity index (χ4v) is 3.99. The number of rotatable bonds is 8. The Morgan fingerprint density at radius 2 is 2.00 bits per heavy atom. The third-order valence-electron chi connectivity index (χ3n) is 5.79.